The zero-order chi connectivity index (χ0) is 7.84. The van der Waals surface area contributed by atoms with Crippen LogP contribution in [0.4, 0.5) is 0 Å². The SMILES string of the molecule is CC(C)N[C@@H]1CNC[C@@H]2C[C@@H]21. The highest BCUT2D eigenvalue weighted by atomic mass is 15.0. The third-order valence-corrected chi connectivity index (χ3v) is 2.81. The molecule has 1 aliphatic heterocycles. The molecule has 0 spiro atoms. The van der Waals surface area contributed by atoms with Crippen LogP contribution in [-0.4, -0.2) is 25.2 Å². The van der Waals surface area contributed by atoms with E-state index in [9.17, 15) is 0 Å². The number of piperidine rings is 1. The van der Waals surface area contributed by atoms with Crippen LogP contribution in [0.2, 0.25) is 0 Å². The van der Waals surface area contributed by atoms with E-state index in [0.29, 0.717) is 6.04 Å². The van der Waals surface area contributed by atoms with E-state index in [4.69, 9.17) is 0 Å². The molecule has 2 rings (SSSR count). The molecule has 0 radical (unpaired) electrons. The summed E-state index contributed by atoms with van der Waals surface area (Å²) < 4.78 is 0. The van der Waals surface area contributed by atoms with Crippen molar-refractivity contribution >= 4 is 0 Å². The van der Waals surface area contributed by atoms with E-state index in [0.717, 1.165) is 17.9 Å². The third kappa shape index (κ3) is 1.57. The van der Waals surface area contributed by atoms with Crippen molar-refractivity contribution in [3.8, 4) is 0 Å². The molecule has 2 aliphatic rings. The predicted molar refractivity (Wildman–Crippen MR) is 46.5 cm³/mol. The molecule has 3 atom stereocenters. The average molecular weight is 154 g/mol. The van der Waals surface area contributed by atoms with Crippen molar-refractivity contribution in [1.29, 1.82) is 0 Å². The fourth-order valence-corrected chi connectivity index (χ4v) is 2.18. The van der Waals surface area contributed by atoms with Gasteiger partial charge in [-0.05, 0) is 24.8 Å². The number of hydrogen-bond donors (Lipinski definition) is 2. The molecule has 0 unspecified atom stereocenters. The quantitative estimate of drug-likeness (QED) is 0.608. The molecule has 1 saturated heterocycles. The fraction of sp³-hybridized carbons (Fsp3) is 1.00. The maximum absolute atomic E-state index is 3.61. The molecule has 0 amide bonds. The standard InChI is InChI=1S/C9H18N2/c1-6(2)11-9-5-10-4-7-3-8(7)9/h6-11H,3-5H2,1-2H3/t7-,8-,9+/m0/s1. The minimum Gasteiger partial charge on any atom is -0.315 e. The second-order valence-corrected chi connectivity index (χ2v) is 4.25. The first-order valence-corrected chi connectivity index (χ1v) is 4.74. The lowest BCUT2D eigenvalue weighted by atomic mass is 10.1. The Kier molecular flexibility index (Phi) is 1.90. The van der Waals surface area contributed by atoms with Crippen molar-refractivity contribution < 1.29 is 0 Å². The molecule has 1 aliphatic carbocycles. The van der Waals surface area contributed by atoms with E-state index < -0.39 is 0 Å². The van der Waals surface area contributed by atoms with Gasteiger partial charge in [0.15, 0.2) is 0 Å². The largest absolute Gasteiger partial charge is 0.315 e. The summed E-state index contributed by atoms with van der Waals surface area (Å²) in [6, 6.07) is 1.40. The summed E-state index contributed by atoms with van der Waals surface area (Å²) in [7, 11) is 0. The van der Waals surface area contributed by atoms with Crippen LogP contribution in [0, 0.1) is 11.8 Å². The van der Waals surface area contributed by atoms with Gasteiger partial charge in [0.2, 0.25) is 0 Å². The molecule has 64 valence electrons. The smallest absolute Gasteiger partial charge is 0.0226 e. The first-order valence-electron chi connectivity index (χ1n) is 4.74. The minimum atomic E-state index is 0.640. The van der Waals surface area contributed by atoms with Crippen molar-refractivity contribution in [2.45, 2.75) is 32.4 Å². The number of hydrogen-bond acceptors (Lipinski definition) is 2. The third-order valence-electron chi connectivity index (χ3n) is 2.81. The normalized spacial score (nSPS) is 42.3. The van der Waals surface area contributed by atoms with Crippen LogP contribution in [0.1, 0.15) is 20.3 Å². The Labute approximate surface area is 68.7 Å². The molecular formula is C9H18N2. The van der Waals surface area contributed by atoms with Gasteiger partial charge >= 0.3 is 0 Å². The highest BCUT2D eigenvalue weighted by Crippen LogP contribution is 2.42. The molecule has 2 nitrogen and oxygen atoms in total. The van der Waals surface area contributed by atoms with E-state index in [1.165, 1.54) is 19.5 Å². The van der Waals surface area contributed by atoms with Gasteiger partial charge in [-0.2, -0.15) is 0 Å². The topological polar surface area (TPSA) is 24.1 Å². The van der Waals surface area contributed by atoms with Crippen molar-refractivity contribution in [2.24, 2.45) is 11.8 Å². The van der Waals surface area contributed by atoms with Gasteiger partial charge in [0, 0.05) is 18.6 Å². The molecule has 2 heteroatoms. The zero-order valence-corrected chi connectivity index (χ0v) is 7.43. The van der Waals surface area contributed by atoms with Gasteiger partial charge in [0.1, 0.15) is 0 Å². The molecule has 2 fully saturated rings. The van der Waals surface area contributed by atoms with Crippen LogP contribution in [0.15, 0.2) is 0 Å². The molecular weight excluding hydrogens is 136 g/mol. The maximum atomic E-state index is 3.61. The van der Waals surface area contributed by atoms with Crippen molar-refractivity contribution in [3.63, 3.8) is 0 Å². The minimum absolute atomic E-state index is 0.640. The van der Waals surface area contributed by atoms with Gasteiger partial charge in [-0.25, -0.2) is 0 Å². The van der Waals surface area contributed by atoms with Crippen molar-refractivity contribution in [1.82, 2.24) is 10.6 Å². The highest BCUT2D eigenvalue weighted by Gasteiger charge is 2.45. The Morgan fingerprint density at radius 1 is 1.36 bits per heavy atom. The Hall–Kier alpha value is -0.0800. The number of nitrogens with one attached hydrogen (secondary N) is 2. The van der Waals surface area contributed by atoms with E-state index >= 15 is 0 Å². The van der Waals surface area contributed by atoms with Crippen LogP contribution >= 0.6 is 0 Å². The average Bonchev–Trinajstić information content (AvgIpc) is 2.65. The van der Waals surface area contributed by atoms with E-state index in [1.54, 1.807) is 0 Å². The monoisotopic (exact) mass is 154 g/mol. The van der Waals surface area contributed by atoms with Crippen LogP contribution in [-0.2, 0) is 0 Å². The zero-order valence-electron chi connectivity index (χ0n) is 7.43. The first kappa shape index (κ1) is 7.56. The molecule has 2 N–H and O–H groups in total. The Balaban J connectivity index is 1.83. The van der Waals surface area contributed by atoms with E-state index in [-0.39, 0.29) is 0 Å². The molecule has 0 bridgehead atoms. The summed E-state index contributed by atoms with van der Waals surface area (Å²) in [5.74, 6) is 2.00. The first-order chi connectivity index (χ1) is 5.27. The molecule has 0 aromatic heterocycles. The number of rotatable bonds is 2. The van der Waals surface area contributed by atoms with Crippen LogP contribution in [0.3, 0.4) is 0 Å². The van der Waals surface area contributed by atoms with E-state index in [1.807, 2.05) is 0 Å². The van der Waals surface area contributed by atoms with Crippen molar-refractivity contribution in [2.75, 3.05) is 13.1 Å². The van der Waals surface area contributed by atoms with Crippen LogP contribution in [0.25, 0.3) is 0 Å². The van der Waals surface area contributed by atoms with Crippen LogP contribution in [0.5, 0.6) is 0 Å². The lowest BCUT2D eigenvalue weighted by molar-refractivity contribution is 0.349. The van der Waals surface area contributed by atoms with Gasteiger partial charge in [0.25, 0.3) is 0 Å². The van der Waals surface area contributed by atoms with Crippen molar-refractivity contribution in [3.05, 3.63) is 0 Å². The summed E-state index contributed by atoms with van der Waals surface area (Å²) >= 11 is 0. The molecule has 0 aromatic rings. The summed E-state index contributed by atoms with van der Waals surface area (Å²) in [5.41, 5.74) is 0. The molecule has 11 heavy (non-hydrogen) atoms. The summed E-state index contributed by atoms with van der Waals surface area (Å²) in [4.78, 5) is 0. The van der Waals surface area contributed by atoms with Gasteiger partial charge in [0.05, 0.1) is 0 Å². The Morgan fingerprint density at radius 3 is 2.91 bits per heavy atom. The number of fused-ring (bicyclic) bond motifs is 1. The van der Waals surface area contributed by atoms with Gasteiger partial charge in [-0.3, -0.25) is 0 Å². The Bertz CT molecular complexity index is 144. The van der Waals surface area contributed by atoms with Gasteiger partial charge in [-0.1, -0.05) is 13.8 Å². The summed E-state index contributed by atoms with van der Waals surface area (Å²) in [5, 5.41) is 7.08. The van der Waals surface area contributed by atoms with E-state index in [2.05, 4.69) is 24.5 Å². The van der Waals surface area contributed by atoms with Gasteiger partial charge < -0.3 is 10.6 Å². The maximum Gasteiger partial charge on any atom is 0.0226 e. The predicted octanol–water partition coefficient (Wildman–Crippen LogP) is 0.592. The summed E-state index contributed by atoms with van der Waals surface area (Å²) in [6.45, 7) is 6.90. The molecule has 1 heterocycles. The molecule has 0 aromatic carbocycles. The lowest BCUT2D eigenvalue weighted by Crippen LogP contribution is -2.47. The Morgan fingerprint density at radius 2 is 2.18 bits per heavy atom. The summed E-state index contributed by atoms with van der Waals surface area (Å²) in [6.07, 6.45) is 1.46. The lowest BCUT2D eigenvalue weighted by Gasteiger charge is -2.25. The highest BCUT2D eigenvalue weighted by molar-refractivity contribution is 5.00. The second-order valence-electron chi connectivity index (χ2n) is 4.25. The molecule has 1 saturated carbocycles. The fourth-order valence-electron chi connectivity index (χ4n) is 2.18. The van der Waals surface area contributed by atoms with Gasteiger partial charge in [-0.15, -0.1) is 0 Å². The second kappa shape index (κ2) is 2.76. The van der Waals surface area contributed by atoms with Crippen LogP contribution < -0.4 is 10.6 Å².